The molecule has 0 fully saturated rings. The summed E-state index contributed by atoms with van der Waals surface area (Å²) in [6.07, 6.45) is -4.29. The predicted molar refractivity (Wildman–Crippen MR) is 51.4 cm³/mol. The fraction of sp³-hybridized carbons (Fsp3) is 0.625. The highest BCUT2D eigenvalue weighted by Gasteiger charge is 2.27. The van der Waals surface area contributed by atoms with Gasteiger partial charge >= 0.3 is 6.18 Å². The summed E-state index contributed by atoms with van der Waals surface area (Å²) in [5.74, 6) is 0. The second-order valence-electron chi connectivity index (χ2n) is 3.08. The van der Waals surface area contributed by atoms with Crippen LogP contribution in [0.4, 0.5) is 13.2 Å². The zero-order valence-electron chi connectivity index (χ0n) is 8.23. The summed E-state index contributed by atoms with van der Waals surface area (Å²) in [6.45, 7) is 0.401. The van der Waals surface area contributed by atoms with Gasteiger partial charge in [0.2, 0.25) is 0 Å². The normalized spacial score (nSPS) is 12.1. The van der Waals surface area contributed by atoms with E-state index in [1.807, 2.05) is 0 Å². The van der Waals surface area contributed by atoms with Crippen LogP contribution in [-0.4, -0.2) is 22.6 Å². The second-order valence-corrected chi connectivity index (χ2v) is 3.87. The molecule has 0 aliphatic heterocycles. The van der Waals surface area contributed by atoms with Crippen LogP contribution in [0.3, 0.4) is 0 Å². The SMILES string of the molecule is Cc1nn(C)c(COCC(F)(F)F)c1Br. The zero-order valence-corrected chi connectivity index (χ0v) is 9.81. The Labute approximate surface area is 93.3 Å². The summed E-state index contributed by atoms with van der Waals surface area (Å²) < 4.78 is 42.1. The maximum absolute atomic E-state index is 11.8. The number of halogens is 4. The predicted octanol–water partition coefficient (Wildman–Crippen LogP) is 2.57. The van der Waals surface area contributed by atoms with Crippen molar-refractivity contribution in [2.75, 3.05) is 6.61 Å². The molecular formula is C8H10BrF3N2O. The molecule has 7 heteroatoms. The maximum Gasteiger partial charge on any atom is 0.411 e. The summed E-state index contributed by atoms with van der Waals surface area (Å²) in [4.78, 5) is 0. The molecule has 0 radical (unpaired) electrons. The van der Waals surface area contributed by atoms with Crippen molar-refractivity contribution in [2.45, 2.75) is 19.7 Å². The van der Waals surface area contributed by atoms with Crippen LogP contribution in [0.25, 0.3) is 0 Å². The Kier molecular flexibility index (Phi) is 3.77. The van der Waals surface area contributed by atoms with Crippen LogP contribution in [0.1, 0.15) is 11.4 Å². The number of hydrogen-bond donors (Lipinski definition) is 0. The number of hydrogen-bond acceptors (Lipinski definition) is 2. The molecule has 0 unspecified atom stereocenters. The van der Waals surface area contributed by atoms with Crippen molar-refractivity contribution in [1.82, 2.24) is 9.78 Å². The average molecular weight is 287 g/mol. The van der Waals surface area contributed by atoms with Crippen molar-refractivity contribution in [1.29, 1.82) is 0 Å². The molecule has 0 saturated carbocycles. The summed E-state index contributed by atoms with van der Waals surface area (Å²) >= 11 is 3.24. The molecule has 1 aromatic heterocycles. The molecule has 0 aromatic carbocycles. The first-order chi connectivity index (χ1) is 6.81. The van der Waals surface area contributed by atoms with Crippen LogP contribution in [0, 0.1) is 6.92 Å². The van der Waals surface area contributed by atoms with Gasteiger partial charge in [-0.25, -0.2) is 0 Å². The fourth-order valence-corrected chi connectivity index (χ4v) is 1.55. The third-order valence-corrected chi connectivity index (χ3v) is 2.80. The number of nitrogens with zero attached hydrogens (tertiary/aromatic N) is 2. The number of ether oxygens (including phenoxy) is 1. The van der Waals surface area contributed by atoms with Gasteiger partial charge in [0.15, 0.2) is 0 Å². The van der Waals surface area contributed by atoms with Crippen molar-refractivity contribution < 1.29 is 17.9 Å². The molecule has 0 saturated heterocycles. The van der Waals surface area contributed by atoms with Crippen LogP contribution < -0.4 is 0 Å². The lowest BCUT2D eigenvalue weighted by Gasteiger charge is -2.07. The molecule has 1 heterocycles. The molecule has 86 valence electrons. The van der Waals surface area contributed by atoms with Crippen LogP contribution >= 0.6 is 15.9 Å². The molecule has 1 rings (SSSR count). The average Bonchev–Trinajstić information content (AvgIpc) is 2.29. The monoisotopic (exact) mass is 286 g/mol. The first-order valence-electron chi connectivity index (χ1n) is 4.13. The van der Waals surface area contributed by atoms with E-state index in [0.29, 0.717) is 10.2 Å². The van der Waals surface area contributed by atoms with Gasteiger partial charge in [-0.15, -0.1) is 0 Å². The third-order valence-electron chi connectivity index (χ3n) is 1.77. The molecule has 3 nitrogen and oxygen atoms in total. The standard InChI is InChI=1S/C8H10BrF3N2O/c1-5-7(9)6(14(2)13-5)3-15-4-8(10,11)12/h3-4H2,1-2H3. The highest BCUT2D eigenvalue weighted by Crippen LogP contribution is 2.22. The Morgan fingerprint density at radius 1 is 1.47 bits per heavy atom. The van der Waals surface area contributed by atoms with E-state index < -0.39 is 12.8 Å². The summed E-state index contributed by atoms with van der Waals surface area (Å²) in [7, 11) is 1.66. The topological polar surface area (TPSA) is 27.1 Å². The minimum atomic E-state index is -4.29. The Morgan fingerprint density at radius 3 is 2.47 bits per heavy atom. The van der Waals surface area contributed by atoms with E-state index >= 15 is 0 Å². The van der Waals surface area contributed by atoms with E-state index in [0.717, 1.165) is 5.69 Å². The van der Waals surface area contributed by atoms with Gasteiger partial charge in [-0.3, -0.25) is 4.68 Å². The first-order valence-corrected chi connectivity index (χ1v) is 4.93. The van der Waals surface area contributed by atoms with Crippen molar-refractivity contribution in [2.24, 2.45) is 7.05 Å². The van der Waals surface area contributed by atoms with Gasteiger partial charge < -0.3 is 4.74 Å². The quantitative estimate of drug-likeness (QED) is 0.854. The maximum atomic E-state index is 11.8. The van der Waals surface area contributed by atoms with E-state index in [1.54, 1.807) is 14.0 Å². The molecule has 1 aromatic rings. The number of alkyl halides is 3. The molecule has 0 amide bonds. The minimum absolute atomic E-state index is 0.114. The van der Waals surface area contributed by atoms with Crippen LogP contribution in [0.15, 0.2) is 4.47 Å². The zero-order chi connectivity index (χ0) is 11.6. The Morgan fingerprint density at radius 2 is 2.07 bits per heavy atom. The minimum Gasteiger partial charge on any atom is -0.366 e. The van der Waals surface area contributed by atoms with Crippen LogP contribution in [0.2, 0.25) is 0 Å². The summed E-state index contributed by atoms with van der Waals surface area (Å²) in [5.41, 5.74) is 1.32. The van der Waals surface area contributed by atoms with E-state index in [2.05, 4.69) is 25.8 Å². The number of aryl methyl sites for hydroxylation is 2. The van der Waals surface area contributed by atoms with Gasteiger partial charge in [-0.05, 0) is 22.9 Å². The molecule has 0 aliphatic carbocycles. The Balaban J connectivity index is 2.58. The summed E-state index contributed by atoms with van der Waals surface area (Å²) in [5, 5.41) is 4.03. The first kappa shape index (κ1) is 12.5. The molecule has 0 bridgehead atoms. The van der Waals surface area contributed by atoms with Gasteiger partial charge in [-0.2, -0.15) is 18.3 Å². The van der Waals surface area contributed by atoms with Crippen molar-refractivity contribution in [3.63, 3.8) is 0 Å². The highest BCUT2D eigenvalue weighted by atomic mass is 79.9. The highest BCUT2D eigenvalue weighted by molar-refractivity contribution is 9.10. The molecule has 15 heavy (non-hydrogen) atoms. The van der Waals surface area contributed by atoms with Gasteiger partial charge in [0.25, 0.3) is 0 Å². The van der Waals surface area contributed by atoms with E-state index in [1.165, 1.54) is 4.68 Å². The summed E-state index contributed by atoms with van der Waals surface area (Å²) in [6, 6.07) is 0. The largest absolute Gasteiger partial charge is 0.411 e. The van der Waals surface area contributed by atoms with E-state index in [9.17, 15) is 13.2 Å². The van der Waals surface area contributed by atoms with Crippen LogP contribution in [-0.2, 0) is 18.4 Å². The van der Waals surface area contributed by atoms with Crippen molar-refractivity contribution in [3.05, 3.63) is 15.9 Å². The Bertz CT molecular complexity index is 348. The molecule has 0 N–H and O–H groups in total. The molecule has 0 atom stereocenters. The smallest absolute Gasteiger partial charge is 0.366 e. The van der Waals surface area contributed by atoms with Gasteiger partial charge in [0, 0.05) is 7.05 Å². The number of aromatic nitrogens is 2. The second kappa shape index (κ2) is 4.52. The molecular weight excluding hydrogens is 277 g/mol. The molecule has 0 spiro atoms. The van der Waals surface area contributed by atoms with Gasteiger partial charge in [0.05, 0.1) is 22.5 Å². The van der Waals surface area contributed by atoms with Crippen LogP contribution in [0.5, 0.6) is 0 Å². The molecule has 0 aliphatic rings. The lowest BCUT2D eigenvalue weighted by Crippen LogP contribution is -2.17. The lowest BCUT2D eigenvalue weighted by atomic mass is 10.4. The lowest BCUT2D eigenvalue weighted by molar-refractivity contribution is -0.177. The number of rotatable bonds is 3. The van der Waals surface area contributed by atoms with E-state index in [4.69, 9.17) is 0 Å². The fourth-order valence-electron chi connectivity index (χ4n) is 1.10. The van der Waals surface area contributed by atoms with Crippen molar-refractivity contribution >= 4 is 15.9 Å². The van der Waals surface area contributed by atoms with Crippen molar-refractivity contribution in [3.8, 4) is 0 Å². The van der Waals surface area contributed by atoms with Gasteiger partial charge in [-0.1, -0.05) is 0 Å². The van der Waals surface area contributed by atoms with Gasteiger partial charge in [0.1, 0.15) is 6.61 Å². The third kappa shape index (κ3) is 3.49. The van der Waals surface area contributed by atoms with E-state index in [-0.39, 0.29) is 6.61 Å². The Hall–Kier alpha value is -0.560.